The number of rotatable bonds is 2. The molecule has 1 atom stereocenters. The smallest absolute Gasteiger partial charge is 0.0326 e. The van der Waals surface area contributed by atoms with Crippen LogP contribution >= 0.6 is 15.9 Å². The van der Waals surface area contributed by atoms with Crippen molar-refractivity contribution in [3.05, 3.63) is 35.2 Å². The third kappa shape index (κ3) is 2.96. The molecule has 1 aromatic rings. The maximum atomic E-state index is 4.06. The molecule has 0 aliphatic heterocycles. The van der Waals surface area contributed by atoms with Gasteiger partial charge in [-0.25, -0.2) is 0 Å². The molecular formula is C11H14BrN. The average Bonchev–Trinajstić information content (AvgIpc) is 2.08. The van der Waals surface area contributed by atoms with Gasteiger partial charge in [0, 0.05) is 17.2 Å². The largest absolute Gasteiger partial charge is 0.264 e. The van der Waals surface area contributed by atoms with Gasteiger partial charge in [0.2, 0.25) is 0 Å². The molecule has 1 rings (SSSR count). The Kier molecular flexibility index (Phi) is 3.67. The number of pyridine rings is 1. The minimum atomic E-state index is 0.431. The van der Waals surface area contributed by atoms with Gasteiger partial charge in [-0.05, 0) is 38.0 Å². The van der Waals surface area contributed by atoms with Crippen LogP contribution in [-0.2, 0) is 0 Å². The molecule has 0 amide bonds. The van der Waals surface area contributed by atoms with E-state index in [1.54, 1.807) is 0 Å². The summed E-state index contributed by atoms with van der Waals surface area (Å²) in [5.41, 5.74) is 3.79. The van der Waals surface area contributed by atoms with E-state index in [4.69, 9.17) is 0 Å². The van der Waals surface area contributed by atoms with Gasteiger partial charge < -0.3 is 0 Å². The highest BCUT2D eigenvalue weighted by atomic mass is 79.9. The number of hydrogen-bond donors (Lipinski definition) is 0. The van der Waals surface area contributed by atoms with Crippen molar-refractivity contribution in [1.82, 2.24) is 4.98 Å². The predicted octanol–water partition coefficient (Wildman–Crippen LogP) is 3.58. The van der Waals surface area contributed by atoms with Crippen molar-refractivity contribution in [3.63, 3.8) is 0 Å². The fourth-order valence-corrected chi connectivity index (χ4v) is 1.14. The van der Waals surface area contributed by atoms with Gasteiger partial charge in [-0.15, -0.1) is 0 Å². The van der Waals surface area contributed by atoms with Gasteiger partial charge in [-0.3, -0.25) is 4.98 Å². The highest BCUT2D eigenvalue weighted by Gasteiger charge is 1.99. The molecule has 0 aliphatic rings. The molecule has 0 radical (unpaired) electrons. The summed E-state index contributed by atoms with van der Waals surface area (Å²) in [6, 6.07) is 2.04. The van der Waals surface area contributed by atoms with E-state index in [2.05, 4.69) is 47.8 Å². The molecule has 1 unspecified atom stereocenters. The Bertz CT molecular complexity index is 316. The van der Waals surface area contributed by atoms with Crippen LogP contribution in [0.5, 0.6) is 0 Å². The van der Waals surface area contributed by atoms with E-state index in [9.17, 15) is 0 Å². The Morgan fingerprint density at radius 3 is 2.85 bits per heavy atom. The van der Waals surface area contributed by atoms with Gasteiger partial charge in [0.1, 0.15) is 0 Å². The standard InChI is InChI=1S/C11H14BrN/c1-8(10(3)12)6-11-4-5-13-7-9(11)2/h4-7,10H,1-3H3/b8-6+. The Balaban J connectivity index is 2.97. The quantitative estimate of drug-likeness (QED) is 0.720. The molecule has 1 nitrogen and oxygen atoms in total. The summed E-state index contributed by atoms with van der Waals surface area (Å²) in [7, 11) is 0. The van der Waals surface area contributed by atoms with Gasteiger partial charge in [0.05, 0.1) is 0 Å². The number of allylic oxidation sites excluding steroid dienone is 1. The minimum absolute atomic E-state index is 0.431. The van der Waals surface area contributed by atoms with Gasteiger partial charge in [-0.1, -0.05) is 27.6 Å². The van der Waals surface area contributed by atoms with Crippen LogP contribution in [0.2, 0.25) is 0 Å². The highest BCUT2D eigenvalue weighted by molar-refractivity contribution is 9.09. The van der Waals surface area contributed by atoms with E-state index in [-0.39, 0.29) is 0 Å². The Morgan fingerprint density at radius 2 is 2.31 bits per heavy atom. The summed E-state index contributed by atoms with van der Waals surface area (Å²) in [4.78, 5) is 4.49. The minimum Gasteiger partial charge on any atom is -0.264 e. The molecule has 0 aromatic carbocycles. The fourth-order valence-electron chi connectivity index (χ4n) is 1.01. The summed E-state index contributed by atoms with van der Waals surface area (Å²) in [5.74, 6) is 0. The SMILES string of the molecule is C/C(=C\c1ccncc1C)C(C)Br. The predicted molar refractivity (Wildman–Crippen MR) is 61.0 cm³/mol. The molecule has 1 heterocycles. The zero-order chi connectivity index (χ0) is 9.84. The van der Waals surface area contributed by atoms with E-state index >= 15 is 0 Å². The van der Waals surface area contributed by atoms with Crippen LogP contribution in [0, 0.1) is 6.92 Å². The maximum Gasteiger partial charge on any atom is 0.0326 e. The lowest BCUT2D eigenvalue weighted by Crippen LogP contribution is -1.92. The summed E-state index contributed by atoms with van der Waals surface area (Å²) in [6.45, 7) is 6.33. The zero-order valence-corrected chi connectivity index (χ0v) is 9.80. The molecule has 70 valence electrons. The van der Waals surface area contributed by atoms with Crippen molar-refractivity contribution in [2.75, 3.05) is 0 Å². The third-order valence-electron chi connectivity index (χ3n) is 2.07. The first kappa shape index (κ1) is 10.5. The number of aromatic nitrogens is 1. The van der Waals surface area contributed by atoms with Crippen molar-refractivity contribution < 1.29 is 0 Å². The molecule has 1 aromatic heterocycles. The molecule has 0 saturated heterocycles. The van der Waals surface area contributed by atoms with Crippen LogP contribution in [0.3, 0.4) is 0 Å². The number of halogens is 1. The van der Waals surface area contributed by atoms with E-state index < -0.39 is 0 Å². The molecule has 0 N–H and O–H groups in total. The normalized spacial score (nSPS) is 14.3. The van der Waals surface area contributed by atoms with E-state index in [1.807, 2.05) is 18.5 Å². The first-order valence-corrected chi connectivity index (χ1v) is 5.25. The summed E-state index contributed by atoms with van der Waals surface area (Å²) in [5, 5.41) is 0. The van der Waals surface area contributed by atoms with Crippen LogP contribution in [-0.4, -0.2) is 9.81 Å². The van der Waals surface area contributed by atoms with Crippen LogP contribution in [0.1, 0.15) is 25.0 Å². The van der Waals surface area contributed by atoms with Crippen LogP contribution < -0.4 is 0 Å². The highest BCUT2D eigenvalue weighted by Crippen LogP contribution is 2.16. The van der Waals surface area contributed by atoms with Gasteiger partial charge >= 0.3 is 0 Å². The maximum absolute atomic E-state index is 4.06. The second-order valence-electron chi connectivity index (χ2n) is 3.24. The van der Waals surface area contributed by atoms with Crippen molar-refractivity contribution in [2.24, 2.45) is 0 Å². The molecule has 0 aliphatic carbocycles. The summed E-state index contributed by atoms with van der Waals surface area (Å²) >= 11 is 3.54. The molecule has 2 heteroatoms. The third-order valence-corrected chi connectivity index (χ3v) is 2.80. The lowest BCUT2D eigenvalue weighted by atomic mass is 10.1. The van der Waals surface area contributed by atoms with Crippen molar-refractivity contribution in [2.45, 2.75) is 25.6 Å². The summed E-state index contributed by atoms with van der Waals surface area (Å²) in [6.07, 6.45) is 5.90. The zero-order valence-electron chi connectivity index (χ0n) is 8.21. The molecule has 0 fully saturated rings. The number of alkyl halides is 1. The van der Waals surface area contributed by atoms with E-state index in [0.717, 1.165) is 0 Å². The number of hydrogen-bond acceptors (Lipinski definition) is 1. The lowest BCUT2D eigenvalue weighted by Gasteiger charge is -2.04. The second kappa shape index (κ2) is 4.56. The Labute approximate surface area is 88.0 Å². The van der Waals surface area contributed by atoms with Gasteiger partial charge in [-0.2, -0.15) is 0 Å². The van der Waals surface area contributed by atoms with Crippen molar-refractivity contribution in [1.29, 1.82) is 0 Å². The van der Waals surface area contributed by atoms with Crippen molar-refractivity contribution >= 4 is 22.0 Å². The van der Waals surface area contributed by atoms with Crippen LogP contribution in [0.25, 0.3) is 6.08 Å². The van der Waals surface area contributed by atoms with Crippen LogP contribution in [0.15, 0.2) is 24.0 Å². The second-order valence-corrected chi connectivity index (χ2v) is 4.61. The Morgan fingerprint density at radius 1 is 1.62 bits per heavy atom. The summed E-state index contributed by atoms with van der Waals surface area (Å²) < 4.78 is 0. The van der Waals surface area contributed by atoms with Gasteiger partial charge in [0.15, 0.2) is 0 Å². The number of nitrogens with zero attached hydrogens (tertiary/aromatic N) is 1. The molecule has 0 saturated carbocycles. The van der Waals surface area contributed by atoms with Crippen molar-refractivity contribution in [3.8, 4) is 0 Å². The topological polar surface area (TPSA) is 12.9 Å². The monoisotopic (exact) mass is 239 g/mol. The molecule has 0 spiro atoms. The first-order chi connectivity index (χ1) is 6.11. The number of aryl methyl sites for hydroxylation is 1. The molecule has 0 bridgehead atoms. The first-order valence-electron chi connectivity index (χ1n) is 4.34. The Hall–Kier alpha value is -0.630. The molecule has 13 heavy (non-hydrogen) atoms. The molecular weight excluding hydrogens is 226 g/mol. The van der Waals surface area contributed by atoms with E-state index in [0.29, 0.717) is 4.83 Å². The van der Waals surface area contributed by atoms with Gasteiger partial charge in [0.25, 0.3) is 0 Å². The van der Waals surface area contributed by atoms with Crippen LogP contribution in [0.4, 0.5) is 0 Å². The lowest BCUT2D eigenvalue weighted by molar-refractivity contribution is 1.15. The average molecular weight is 240 g/mol. The fraction of sp³-hybridized carbons (Fsp3) is 0.364. The van der Waals surface area contributed by atoms with E-state index in [1.165, 1.54) is 16.7 Å².